The molecule has 1 aromatic carbocycles. The van der Waals surface area contributed by atoms with Crippen LogP contribution < -0.4 is 15.3 Å². The molecule has 36 heavy (non-hydrogen) atoms. The molecule has 3 aromatic heterocycles. The molecule has 0 saturated carbocycles. The van der Waals surface area contributed by atoms with Crippen LogP contribution in [0.25, 0.3) is 11.0 Å². The first-order valence-electron chi connectivity index (χ1n) is 11.7. The number of fused-ring (bicyclic) bond motifs is 1. The molecule has 1 aliphatic rings. The monoisotopic (exact) mass is 502 g/mol. The van der Waals surface area contributed by atoms with Crippen LogP contribution >= 0.6 is 0 Å². The van der Waals surface area contributed by atoms with Crippen molar-refractivity contribution in [3.05, 3.63) is 64.2 Å². The number of ether oxygens (including phenoxy) is 1. The number of anilines is 1. The lowest BCUT2D eigenvalue weighted by atomic mass is 10.0. The predicted molar refractivity (Wildman–Crippen MR) is 125 cm³/mol. The molecule has 0 aliphatic carbocycles. The van der Waals surface area contributed by atoms with Gasteiger partial charge in [-0.3, -0.25) is 4.57 Å². The molecule has 4 aromatic rings. The van der Waals surface area contributed by atoms with Crippen molar-refractivity contribution >= 4 is 17.0 Å². The van der Waals surface area contributed by atoms with E-state index in [1.54, 1.807) is 4.57 Å². The number of H-pyrrole nitrogens is 1. The van der Waals surface area contributed by atoms with E-state index in [1.807, 2.05) is 48.2 Å². The van der Waals surface area contributed by atoms with Crippen molar-refractivity contribution in [1.82, 2.24) is 24.5 Å². The highest BCUT2D eigenvalue weighted by Crippen LogP contribution is 2.27. The van der Waals surface area contributed by atoms with Crippen LogP contribution in [0.5, 0.6) is 6.01 Å². The number of hydrogen-bond donors (Lipinski definition) is 1. The highest BCUT2D eigenvalue weighted by molar-refractivity contribution is 5.75. The van der Waals surface area contributed by atoms with Crippen LogP contribution in [-0.4, -0.2) is 50.4 Å². The fourth-order valence-corrected chi connectivity index (χ4v) is 4.47. The second-order valence-corrected chi connectivity index (χ2v) is 8.79. The molecule has 1 N–H and O–H groups in total. The van der Waals surface area contributed by atoms with Gasteiger partial charge in [0.1, 0.15) is 17.3 Å². The van der Waals surface area contributed by atoms with Crippen molar-refractivity contribution < 1.29 is 22.3 Å². The van der Waals surface area contributed by atoms with Crippen LogP contribution in [-0.2, 0) is 12.8 Å². The van der Waals surface area contributed by atoms with E-state index in [0.717, 1.165) is 22.6 Å². The highest BCUT2D eigenvalue weighted by Gasteiger charge is 2.30. The summed E-state index contributed by atoms with van der Waals surface area (Å²) in [5, 5.41) is 0. The topological polar surface area (TPSA) is 102 Å². The van der Waals surface area contributed by atoms with E-state index in [4.69, 9.17) is 9.15 Å². The van der Waals surface area contributed by atoms with Gasteiger partial charge in [0.2, 0.25) is 5.95 Å². The number of aryl methyl sites for hydroxylation is 3. The minimum Gasteiger partial charge on any atom is -0.466 e. The van der Waals surface area contributed by atoms with E-state index < -0.39 is 12.8 Å². The number of aromatic amines is 1. The number of piperidine rings is 1. The first-order valence-corrected chi connectivity index (χ1v) is 11.7. The Labute approximate surface area is 203 Å². The van der Waals surface area contributed by atoms with Gasteiger partial charge >= 0.3 is 17.9 Å². The average molecular weight is 502 g/mol. The third-order valence-corrected chi connectivity index (χ3v) is 6.14. The van der Waals surface area contributed by atoms with E-state index >= 15 is 0 Å². The number of imidazole rings is 1. The molecular weight excluding hydrogens is 477 g/mol. The molecule has 1 saturated heterocycles. The van der Waals surface area contributed by atoms with Crippen LogP contribution in [0, 0.1) is 6.92 Å². The number of furan rings is 1. The van der Waals surface area contributed by atoms with Crippen molar-refractivity contribution in [3.8, 4) is 6.01 Å². The SMILES string of the molecule is Cc1ccc(CCc2nc(OCC(F)(F)F)nc(N3CCC(n4c(=O)[nH]c5ccccc54)CC3)n2)o1. The normalized spacial score (nSPS) is 15.1. The molecule has 0 bridgehead atoms. The minimum absolute atomic E-state index is 0.0191. The molecule has 190 valence electrons. The fraction of sp³-hybridized carbons (Fsp3) is 0.417. The summed E-state index contributed by atoms with van der Waals surface area (Å²) in [6, 6.07) is 10.8. The van der Waals surface area contributed by atoms with Crippen LogP contribution in [0.4, 0.5) is 19.1 Å². The summed E-state index contributed by atoms with van der Waals surface area (Å²) in [6.07, 6.45) is -2.38. The number of aromatic nitrogens is 5. The van der Waals surface area contributed by atoms with E-state index in [1.165, 1.54) is 0 Å². The second kappa shape index (κ2) is 9.67. The lowest BCUT2D eigenvalue weighted by molar-refractivity contribution is -0.154. The molecule has 12 heteroatoms. The van der Waals surface area contributed by atoms with Crippen LogP contribution in [0.3, 0.4) is 0 Å². The van der Waals surface area contributed by atoms with Gasteiger partial charge in [-0.15, -0.1) is 0 Å². The Kier molecular flexibility index (Phi) is 6.42. The maximum atomic E-state index is 12.7. The quantitative estimate of drug-likeness (QED) is 0.408. The van der Waals surface area contributed by atoms with Crippen molar-refractivity contribution in [2.45, 2.75) is 44.8 Å². The van der Waals surface area contributed by atoms with Gasteiger partial charge in [-0.05, 0) is 44.0 Å². The molecule has 0 spiro atoms. The standard InChI is InChI=1S/C24H25F3N6O3/c1-15-6-7-17(36-15)8-9-20-29-21(31-22(30-20)35-14-24(25,26)27)32-12-10-16(11-13-32)33-19-5-3-2-4-18(19)28-23(33)34/h2-7,16H,8-14H2,1H3,(H,28,34). The molecule has 0 unspecified atom stereocenters. The van der Waals surface area contributed by atoms with Gasteiger partial charge in [-0.2, -0.15) is 28.1 Å². The smallest absolute Gasteiger partial charge is 0.422 e. The molecule has 9 nitrogen and oxygen atoms in total. The van der Waals surface area contributed by atoms with Crippen molar-refractivity contribution in [2.75, 3.05) is 24.6 Å². The van der Waals surface area contributed by atoms with Crippen LogP contribution in [0.2, 0.25) is 0 Å². The Morgan fingerprint density at radius 1 is 1.08 bits per heavy atom. The van der Waals surface area contributed by atoms with Gasteiger partial charge in [-0.1, -0.05) is 12.1 Å². The van der Waals surface area contributed by atoms with Crippen molar-refractivity contribution in [3.63, 3.8) is 0 Å². The lowest BCUT2D eigenvalue weighted by Crippen LogP contribution is -2.38. The lowest BCUT2D eigenvalue weighted by Gasteiger charge is -2.32. The molecule has 4 heterocycles. The first kappa shape index (κ1) is 23.9. The third kappa shape index (κ3) is 5.37. The number of benzene rings is 1. The Balaban J connectivity index is 1.33. The Morgan fingerprint density at radius 3 is 2.58 bits per heavy atom. The predicted octanol–water partition coefficient (Wildman–Crippen LogP) is 3.98. The van der Waals surface area contributed by atoms with E-state index in [0.29, 0.717) is 44.6 Å². The Hall–Kier alpha value is -3.83. The summed E-state index contributed by atoms with van der Waals surface area (Å²) in [7, 11) is 0. The molecular formula is C24H25F3N6O3. The van der Waals surface area contributed by atoms with E-state index in [9.17, 15) is 18.0 Å². The van der Waals surface area contributed by atoms with Crippen molar-refractivity contribution in [1.29, 1.82) is 0 Å². The minimum atomic E-state index is -4.51. The zero-order valence-electron chi connectivity index (χ0n) is 19.6. The molecule has 5 rings (SSSR count). The summed E-state index contributed by atoms with van der Waals surface area (Å²) < 4.78 is 50.4. The number of para-hydroxylation sites is 2. The summed E-state index contributed by atoms with van der Waals surface area (Å²) in [4.78, 5) is 30.1. The van der Waals surface area contributed by atoms with Crippen molar-refractivity contribution in [2.24, 2.45) is 0 Å². The summed E-state index contributed by atoms with van der Waals surface area (Å²) in [5.74, 6) is 2.09. The summed E-state index contributed by atoms with van der Waals surface area (Å²) in [5.41, 5.74) is 1.47. The van der Waals surface area contributed by atoms with Gasteiger partial charge in [0.15, 0.2) is 6.61 Å². The number of halogens is 3. The molecule has 0 radical (unpaired) electrons. The van der Waals surface area contributed by atoms with E-state index in [-0.39, 0.29) is 23.7 Å². The number of hydrogen-bond acceptors (Lipinski definition) is 7. The molecule has 1 aliphatic heterocycles. The molecule has 0 atom stereocenters. The largest absolute Gasteiger partial charge is 0.466 e. The Morgan fingerprint density at radius 2 is 1.86 bits per heavy atom. The maximum absolute atomic E-state index is 12.7. The number of alkyl halides is 3. The Bertz CT molecular complexity index is 1400. The number of nitrogens with one attached hydrogen (secondary N) is 1. The number of rotatable bonds is 7. The molecule has 0 amide bonds. The zero-order valence-corrected chi connectivity index (χ0v) is 19.6. The number of nitrogens with zero attached hydrogens (tertiary/aromatic N) is 5. The van der Waals surface area contributed by atoms with E-state index in [2.05, 4.69) is 19.9 Å². The third-order valence-electron chi connectivity index (χ3n) is 6.14. The highest BCUT2D eigenvalue weighted by atomic mass is 19.4. The first-order chi connectivity index (χ1) is 17.2. The van der Waals surface area contributed by atoms with Crippen LogP contribution in [0.1, 0.15) is 36.2 Å². The van der Waals surface area contributed by atoms with Gasteiger partial charge in [0.05, 0.1) is 11.0 Å². The second-order valence-electron chi connectivity index (χ2n) is 8.79. The fourth-order valence-electron chi connectivity index (χ4n) is 4.47. The van der Waals surface area contributed by atoms with Gasteiger partial charge < -0.3 is 19.0 Å². The molecule has 1 fully saturated rings. The summed E-state index contributed by atoms with van der Waals surface area (Å²) >= 11 is 0. The van der Waals surface area contributed by atoms with Crippen LogP contribution in [0.15, 0.2) is 45.6 Å². The van der Waals surface area contributed by atoms with Gasteiger partial charge in [0, 0.05) is 32.0 Å². The summed E-state index contributed by atoms with van der Waals surface area (Å²) in [6.45, 7) is 1.40. The van der Waals surface area contributed by atoms with Gasteiger partial charge in [-0.25, -0.2) is 4.79 Å². The average Bonchev–Trinajstić information content (AvgIpc) is 3.42. The maximum Gasteiger partial charge on any atom is 0.422 e. The zero-order chi connectivity index (χ0) is 25.3. The van der Waals surface area contributed by atoms with Gasteiger partial charge in [0.25, 0.3) is 0 Å².